The van der Waals surface area contributed by atoms with E-state index in [-0.39, 0.29) is 23.1 Å². The third-order valence-electron chi connectivity index (χ3n) is 4.74. The van der Waals surface area contributed by atoms with Gasteiger partial charge in [-0.3, -0.25) is 4.79 Å². The summed E-state index contributed by atoms with van der Waals surface area (Å²) in [6.45, 7) is 5.85. The fourth-order valence-corrected chi connectivity index (χ4v) is 3.28. The van der Waals surface area contributed by atoms with Gasteiger partial charge in [0.2, 0.25) is 0 Å². The van der Waals surface area contributed by atoms with E-state index < -0.39 is 5.97 Å². The topological polar surface area (TPSA) is 61.2 Å². The van der Waals surface area contributed by atoms with E-state index in [9.17, 15) is 9.59 Å². The lowest BCUT2D eigenvalue weighted by Gasteiger charge is -2.06. The van der Waals surface area contributed by atoms with Crippen molar-refractivity contribution in [2.45, 2.75) is 33.7 Å². The Bertz CT molecular complexity index is 1020. The summed E-state index contributed by atoms with van der Waals surface area (Å²) in [5, 5.41) is 4.55. The molecule has 0 saturated heterocycles. The molecule has 150 valence electrons. The molecule has 0 bridgehead atoms. The second-order valence-corrected chi connectivity index (χ2v) is 7.30. The van der Waals surface area contributed by atoms with Crippen molar-refractivity contribution in [3.8, 4) is 0 Å². The van der Waals surface area contributed by atoms with E-state index in [1.165, 1.54) is 0 Å². The predicted molar refractivity (Wildman–Crippen MR) is 113 cm³/mol. The standard InChI is InChI=1S/C23H23ClN2O3/c1-4-17-9-11-19(12-10-17)20(27)14-29-23(28)21-16(3)25-26(22(21)24)13-18-7-5-15(2)6-8-18/h5-12H,4,13-14H2,1-3H3. The lowest BCUT2D eigenvalue weighted by atomic mass is 10.1. The van der Waals surface area contributed by atoms with Gasteiger partial charge in [0.1, 0.15) is 10.7 Å². The van der Waals surface area contributed by atoms with Crippen LogP contribution in [0, 0.1) is 13.8 Å². The highest BCUT2D eigenvalue weighted by atomic mass is 35.5. The summed E-state index contributed by atoms with van der Waals surface area (Å²) in [5.74, 6) is -0.914. The number of ketones is 1. The quantitative estimate of drug-likeness (QED) is 0.414. The molecule has 0 aliphatic heterocycles. The molecule has 0 saturated carbocycles. The van der Waals surface area contributed by atoms with Gasteiger partial charge in [-0.25, -0.2) is 9.48 Å². The zero-order chi connectivity index (χ0) is 21.0. The number of Topliss-reactive ketones (excluding diaryl/α,β-unsaturated/α-hetero) is 1. The Hall–Kier alpha value is -2.92. The molecule has 1 aromatic heterocycles. The van der Waals surface area contributed by atoms with Crippen LogP contribution in [0.4, 0.5) is 0 Å². The predicted octanol–water partition coefficient (Wildman–Crippen LogP) is 4.80. The number of carbonyl (C=O) groups is 2. The van der Waals surface area contributed by atoms with Gasteiger partial charge >= 0.3 is 5.97 Å². The summed E-state index contributed by atoms with van der Waals surface area (Å²) in [5.41, 5.74) is 4.48. The zero-order valence-corrected chi connectivity index (χ0v) is 17.5. The number of halogens is 1. The number of benzene rings is 2. The lowest BCUT2D eigenvalue weighted by molar-refractivity contribution is 0.0474. The highest BCUT2D eigenvalue weighted by Crippen LogP contribution is 2.22. The van der Waals surface area contributed by atoms with Crippen molar-refractivity contribution in [3.63, 3.8) is 0 Å². The van der Waals surface area contributed by atoms with Crippen LogP contribution in [0.3, 0.4) is 0 Å². The first-order chi connectivity index (χ1) is 13.9. The molecule has 0 aliphatic carbocycles. The number of nitrogens with zero attached hydrogens (tertiary/aromatic N) is 2. The molecule has 0 unspecified atom stereocenters. The van der Waals surface area contributed by atoms with Gasteiger partial charge < -0.3 is 4.74 Å². The fourth-order valence-electron chi connectivity index (χ4n) is 2.97. The highest BCUT2D eigenvalue weighted by Gasteiger charge is 2.22. The second-order valence-electron chi connectivity index (χ2n) is 6.94. The first-order valence-electron chi connectivity index (χ1n) is 9.46. The van der Waals surface area contributed by atoms with Crippen molar-refractivity contribution in [2.24, 2.45) is 0 Å². The maximum Gasteiger partial charge on any atom is 0.343 e. The number of esters is 1. The van der Waals surface area contributed by atoms with Gasteiger partial charge in [-0.1, -0.05) is 72.6 Å². The van der Waals surface area contributed by atoms with Gasteiger partial charge in [0, 0.05) is 5.56 Å². The number of carbonyl (C=O) groups excluding carboxylic acids is 2. The molecule has 29 heavy (non-hydrogen) atoms. The maximum atomic E-state index is 12.5. The first-order valence-corrected chi connectivity index (χ1v) is 9.84. The molecule has 6 heteroatoms. The van der Waals surface area contributed by atoms with Crippen LogP contribution in [0.15, 0.2) is 48.5 Å². The molecule has 0 N–H and O–H groups in total. The van der Waals surface area contributed by atoms with E-state index in [1.54, 1.807) is 23.7 Å². The van der Waals surface area contributed by atoms with Crippen LogP contribution >= 0.6 is 11.6 Å². The Morgan fingerprint density at radius 1 is 1.00 bits per heavy atom. The molecule has 0 fully saturated rings. The van der Waals surface area contributed by atoms with Crippen molar-refractivity contribution in [2.75, 3.05) is 6.61 Å². The molecular weight excluding hydrogens is 388 g/mol. The molecule has 5 nitrogen and oxygen atoms in total. The molecule has 0 atom stereocenters. The van der Waals surface area contributed by atoms with Crippen molar-refractivity contribution >= 4 is 23.4 Å². The number of hydrogen-bond acceptors (Lipinski definition) is 4. The molecule has 0 aliphatic rings. The zero-order valence-electron chi connectivity index (χ0n) is 16.7. The van der Waals surface area contributed by atoms with Crippen LogP contribution in [0.5, 0.6) is 0 Å². The monoisotopic (exact) mass is 410 g/mol. The number of aryl methyl sites for hydroxylation is 3. The van der Waals surface area contributed by atoms with E-state index in [4.69, 9.17) is 16.3 Å². The van der Waals surface area contributed by atoms with Crippen LogP contribution in [0.2, 0.25) is 5.15 Å². The van der Waals surface area contributed by atoms with Gasteiger partial charge in [-0.05, 0) is 31.4 Å². The van der Waals surface area contributed by atoms with E-state index in [1.807, 2.05) is 50.2 Å². The Balaban J connectivity index is 1.68. The van der Waals surface area contributed by atoms with Crippen LogP contribution < -0.4 is 0 Å². The summed E-state index contributed by atoms with van der Waals surface area (Å²) in [7, 11) is 0. The number of hydrogen-bond donors (Lipinski definition) is 0. The van der Waals surface area contributed by atoms with Gasteiger partial charge in [0.15, 0.2) is 12.4 Å². The minimum atomic E-state index is -0.652. The normalized spacial score (nSPS) is 10.8. The maximum absolute atomic E-state index is 12.5. The molecule has 1 heterocycles. The molecule has 0 radical (unpaired) electrons. The first kappa shape index (κ1) is 20.8. The molecule has 3 aromatic rings. The molecular formula is C23H23ClN2O3. The van der Waals surface area contributed by atoms with Gasteiger partial charge in [-0.15, -0.1) is 0 Å². The van der Waals surface area contributed by atoms with Crippen LogP contribution in [-0.4, -0.2) is 28.1 Å². The highest BCUT2D eigenvalue weighted by molar-refractivity contribution is 6.32. The number of rotatable bonds is 7. The fraction of sp³-hybridized carbons (Fsp3) is 0.261. The molecule has 2 aromatic carbocycles. The van der Waals surface area contributed by atoms with Gasteiger partial charge in [-0.2, -0.15) is 5.10 Å². The van der Waals surface area contributed by atoms with Crippen LogP contribution in [0.25, 0.3) is 0 Å². The minimum absolute atomic E-state index is 0.188. The minimum Gasteiger partial charge on any atom is -0.454 e. The third kappa shape index (κ3) is 4.93. The smallest absolute Gasteiger partial charge is 0.343 e. The Kier molecular flexibility index (Phi) is 6.49. The summed E-state index contributed by atoms with van der Waals surface area (Å²) >= 11 is 6.39. The van der Waals surface area contributed by atoms with Crippen molar-refractivity contribution in [1.82, 2.24) is 9.78 Å². The van der Waals surface area contributed by atoms with E-state index in [0.29, 0.717) is 17.8 Å². The lowest BCUT2D eigenvalue weighted by Crippen LogP contribution is -2.15. The average Bonchev–Trinajstić information content (AvgIpc) is 3.00. The summed E-state index contributed by atoms with van der Waals surface area (Å²) in [4.78, 5) is 24.8. The van der Waals surface area contributed by atoms with Crippen molar-refractivity contribution in [1.29, 1.82) is 0 Å². The second kappa shape index (κ2) is 9.05. The average molecular weight is 411 g/mol. The van der Waals surface area contributed by atoms with Crippen molar-refractivity contribution < 1.29 is 14.3 Å². The Labute approximate surface area is 175 Å². The van der Waals surface area contributed by atoms with Gasteiger partial charge in [0.05, 0.1) is 12.2 Å². The van der Waals surface area contributed by atoms with E-state index in [0.717, 1.165) is 23.1 Å². The van der Waals surface area contributed by atoms with Crippen molar-refractivity contribution in [3.05, 3.63) is 87.2 Å². The number of ether oxygens (including phenoxy) is 1. The summed E-state index contributed by atoms with van der Waals surface area (Å²) in [6, 6.07) is 15.3. The number of aromatic nitrogens is 2. The van der Waals surface area contributed by atoms with Gasteiger partial charge in [0.25, 0.3) is 0 Å². The largest absolute Gasteiger partial charge is 0.454 e. The Morgan fingerprint density at radius 2 is 1.62 bits per heavy atom. The summed E-state index contributed by atoms with van der Waals surface area (Å²) < 4.78 is 6.77. The van der Waals surface area contributed by atoms with Crippen LogP contribution in [0.1, 0.15) is 50.0 Å². The van der Waals surface area contributed by atoms with E-state index in [2.05, 4.69) is 5.10 Å². The van der Waals surface area contributed by atoms with Crippen LogP contribution in [-0.2, 0) is 17.7 Å². The molecule has 3 rings (SSSR count). The molecule has 0 amide bonds. The Morgan fingerprint density at radius 3 is 2.24 bits per heavy atom. The SMILES string of the molecule is CCc1ccc(C(=O)COC(=O)c2c(C)nn(Cc3ccc(C)cc3)c2Cl)cc1. The van der Waals surface area contributed by atoms with E-state index >= 15 is 0 Å². The third-order valence-corrected chi connectivity index (χ3v) is 5.13. The molecule has 0 spiro atoms. The summed E-state index contributed by atoms with van der Waals surface area (Å²) in [6.07, 6.45) is 0.897.